The van der Waals surface area contributed by atoms with E-state index in [-0.39, 0.29) is 12.2 Å². The SMILES string of the molecule is CC(C)Cn1ncnc1CC(=O)C1Cc2ccccc2O1. The summed E-state index contributed by atoms with van der Waals surface area (Å²) in [5, 5.41) is 4.19. The van der Waals surface area contributed by atoms with Gasteiger partial charge in [0.05, 0.1) is 6.42 Å². The zero-order chi connectivity index (χ0) is 14.8. The first-order valence-corrected chi connectivity index (χ1v) is 7.27. The molecule has 1 unspecified atom stereocenters. The number of Topliss-reactive ketones (excluding diaryl/α,β-unsaturated/α-hetero) is 1. The molecule has 1 atom stereocenters. The van der Waals surface area contributed by atoms with Gasteiger partial charge >= 0.3 is 0 Å². The molecule has 1 aromatic heterocycles. The summed E-state index contributed by atoms with van der Waals surface area (Å²) in [6.45, 7) is 5.00. The van der Waals surface area contributed by atoms with Crippen LogP contribution >= 0.6 is 0 Å². The predicted molar refractivity (Wildman–Crippen MR) is 78.1 cm³/mol. The molecule has 0 saturated heterocycles. The summed E-state index contributed by atoms with van der Waals surface area (Å²) in [4.78, 5) is 16.6. The van der Waals surface area contributed by atoms with Crippen molar-refractivity contribution >= 4 is 5.78 Å². The van der Waals surface area contributed by atoms with E-state index in [0.29, 0.717) is 18.2 Å². The Morgan fingerprint density at radius 3 is 3.00 bits per heavy atom. The number of hydrogen-bond acceptors (Lipinski definition) is 4. The number of benzene rings is 1. The van der Waals surface area contributed by atoms with Gasteiger partial charge in [-0.3, -0.25) is 4.79 Å². The quantitative estimate of drug-likeness (QED) is 0.843. The van der Waals surface area contributed by atoms with Crippen molar-refractivity contribution in [3.05, 3.63) is 42.0 Å². The zero-order valence-corrected chi connectivity index (χ0v) is 12.3. The summed E-state index contributed by atoms with van der Waals surface area (Å²) < 4.78 is 7.54. The third-order valence-corrected chi connectivity index (χ3v) is 3.57. The van der Waals surface area contributed by atoms with Crippen LogP contribution in [0.25, 0.3) is 0 Å². The normalized spacial score (nSPS) is 16.8. The van der Waals surface area contributed by atoms with Crippen molar-refractivity contribution in [3.63, 3.8) is 0 Å². The van der Waals surface area contributed by atoms with Crippen LogP contribution in [-0.4, -0.2) is 26.7 Å². The van der Waals surface area contributed by atoms with E-state index in [1.54, 1.807) is 0 Å². The van der Waals surface area contributed by atoms with E-state index >= 15 is 0 Å². The Labute approximate surface area is 124 Å². The highest BCUT2D eigenvalue weighted by Crippen LogP contribution is 2.28. The monoisotopic (exact) mass is 285 g/mol. The molecule has 0 radical (unpaired) electrons. The second kappa shape index (κ2) is 5.68. The Balaban J connectivity index is 1.67. The summed E-state index contributed by atoms with van der Waals surface area (Å²) in [7, 11) is 0. The summed E-state index contributed by atoms with van der Waals surface area (Å²) in [5.41, 5.74) is 1.10. The average Bonchev–Trinajstić information content (AvgIpc) is 3.05. The molecule has 1 aliphatic heterocycles. The van der Waals surface area contributed by atoms with Crippen molar-refractivity contribution in [2.24, 2.45) is 5.92 Å². The number of ether oxygens (including phenoxy) is 1. The molecule has 3 rings (SSSR count). The Morgan fingerprint density at radius 2 is 2.24 bits per heavy atom. The lowest BCUT2D eigenvalue weighted by molar-refractivity contribution is -0.124. The largest absolute Gasteiger partial charge is 0.482 e. The van der Waals surface area contributed by atoms with Crippen molar-refractivity contribution in [2.75, 3.05) is 0 Å². The lowest BCUT2D eigenvalue weighted by Gasteiger charge is -2.11. The van der Waals surface area contributed by atoms with Gasteiger partial charge in [-0.05, 0) is 17.5 Å². The van der Waals surface area contributed by atoms with Gasteiger partial charge in [0.15, 0.2) is 11.9 Å². The van der Waals surface area contributed by atoms with Crippen LogP contribution < -0.4 is 4.74 Å². The zero-order valence-electron chi connectivity index (χ0n) is 12.3. The van der Waals surface area contributed by atoms with Gasteiger partial charge in [0, 0.05) is 13.0 Å². The van der Waals surface area contributed by atoms with Gasteiger partial charge in [-0.2, -0.15) is 5.10 Å². The van der Waals surface area contributed by atoms with Crippen LogP contribution in [0.4, 0.5) is 0 Å². The fourth-order valence-electron chi connectivity index (χ4n) is 2.55. The standard InChI is InChI=1S/C16H19N3O2/c1-11(2)9-19-16(17-10-18-19)8-13(20)15-7-12-5-3-4-6-14(12)21-15/h3-6,10-11,15H,7-9H2,1-2H3. The maximum absolute atomic E-state index is 12.4. The van der Waals surface area contributed by atoms with Gasteiger partial charge in [-0.25, -0.2) is 9.67 Å². The number of fused-ring (bicyclic) bond motifs is 1. The fourth-order valence-corrected chi connectivity index (χ4v) is 2.55. The highest BCUT2D eigenvalue weighted by Gasteiger charge is 2.29. The number of nitrogens with zero attached hydrogens (tertiary/aromatic N) is 3. The van der Waals surface area contributed by atoms with Gasteiger partial charge in [0.1, 0.15) is 17.9 Å². The van der Waals surface area contributed by atoms with Gasteiger partial charge in [-0.15, -0.1) is 0 Å². The van der Waals surface area contributed by atoms with Gasteiger partial charge in [0.2, 0.25) is 0 Å². The minimum absolute atomic E-state index is 0.0595. The summed E-state index contributed by atoms with van der Waals surface area (Å²) in [6, 6.07) is 7.80. The van der Waals surface area contributed by atoms with Crippen LogP contribution in [0.15, 0.2) is 30.6 Å². The molecule has 5 heteroatoms. The first-order valence-electron chi connectivity index (χ1n) is 7.27. The summed E-state index contributed by atoms with van der Waals surface area (Å²) >= 11 is 0. The average molecular weight is 285 g/mol. The van der Waals surface area contributed by atoms with E-state index in [2.05, 4.69) is 23.9 Å². The molecule has 0 aliphatic carbocycles. The first kappa shape index (κ1) is 13.8. The van der Waals surface area contributed by atoms with Crippen LogP contribution in [-0.2, 0) is 24.2 Å². The number of rotatable bonds is 5. The third kappa shape index (κ3) is 2.96. The topological polar surface area (TPSA) is 57.0 Å². The number of ketones is 1. The molecule has 110 valence electrons. The molecule has 1 aliphatic rings. The first-order chi connectivity index (χ1) is 10.1. The maximum atomic E-state index is 12.4. The van der Waals surface area contributed by atoms with Crippen LogP contribution in [0.3, 0.4) is 0 Å². The molecular weight excluding hydrogens is 266 g/mol. The third-order valence-electron chi connectivity index (χ3n) is 3.57. The maximum Gasteiger partial charge on any atom is 0.181 e. The molecule has 5 nitrogen and oxygen atoms in total. The molecular formula is C16H19N3O2. The highest BCUT2D eigenvalue weighted by molar-refractivity contribution is 5.86. The lowest BCUT2D eigenvalue weighted by Crippen LogP contribution is -2.28. The number of carbonyl (C=O) groups is 1. The van der Waals surface area contributed by atoms with Crippen molar-refractivity contribution in [3.8, 4) is 5.75 Å². The van der Waals surface area contributed by atoms with E-state index in [1.807, 2.05) is 28.9 Å². The number of para-hydroxylation sites is 1. The molecule has 0 fully saturated rings. The Kier molecular flexibility index (Phi) is 3.73. The van der Waals surface area contributed by atoms with Crippen molar-refractivity contribution in [1.82, 2.24) is 14.8 Å². The predicted octanol–water partition coefficient (Wildman–Crippen LogP) is 2.05. The molecule has 21 heavy (non-hydrogen) atoms. The molecule has 0 spiro atoms. The highest BCUT2D eigenvalue weighted by atomic mass is 16.5. The van der Waals surface area contributed by atoms with Crippen molar-refractivity contribution in [1.29, 1.82) is 0 Å². The Hall–Kier alpha value is -2.17. The van der Waals surface area contributed by atoms with Crippen LogP contribution in [0, 0.1) is 5.92 Å². The molecule has 0 amide bonds. The fraction of sp³-hybridized carbons (Fsp3) is 0.438. The molecule has 2 heterocycles. The van der Waals surface area contributed by atoms with E-state index in [4.69, 9.17) is 4.74 Å². The van der Waals surface area contributed by atoms with E-state index < -0.39 is 6.10 Å². The van der Waals surface area contributed by atoms with Crippen LogP contribution in [0.5, 0.6) is 5.75 Å². The smallest absolute Gasteiger partial charge is 0.181 e. The minimum atomic E-state index is -0.397. The van der Waals surface area contributed by atoms with Crippen molar-refractivity contribution < 1.29 is 9.53 Å². The second-order valence-corrected chi connectivity index (χ2v) is 5.81. The van der Waals surface area contributed by atoms with Gasteiger partial charge in [0.25, 0.3) is 0 Å². The van der Waals surface area contributed by atoms with E-state index in [9.17, 15) is 4.79 Å². The molecule has 0 bridgehead atoms. The van der Waals surface area contributed by atoms with Crippen LogP contribution in [0.1, 0.15) is 25.2 Å². The summed E-state index contributed by atoms with van der Waals surface area (Å²) in [5.74, 6) is 2.06. The minimum Gasteiger partial charge on any atom is -0.482 e. The number of carbonyl (C=O) groups excluding carboxylic acids is 1. The number of hydrogen-bond donors (Lipinski definition) is 0. The number of aromatic nitrogens is 3. The second-order valence-electron chi connectivity index (χ2n) is 5.81. The van der Waals surface area contributed by atoms with E-state index in [1.165, 1.54) is 6.33 Å². The molecule has 0 N–H and O–H groups in total. The lowest BCUT2D eigenvalue weighted by atomic mass is 10.1. The van der Waals surface area contributed by atoms with Gasteiger partial charge < -0.3 is 4.74 Å². The molecule has 2 aromatic rings. The Bertz CT molecular complexity index is 623. The Morgan fingerprint density at radius 1 is 1.43 bits per heavy atom. The van der Waals surface area contributed by atoms with Crippen LogP contribution in [0.2, 0.25) is 0 Å². The molecule has 1 aromatic carbocycles. The molecule has 0 saturated carbocycles. The van der Waals surface area contributed by atoms with Gasteiger partial charge in [-0.1, -0.05) is 32.0 Å². The van der Waals surface area contributed by atoms with E-state index in [0.717, 1.165) is 17.9 Å². The van der Waals surface area contributed by atoms with Crippen molar-refractivity contribution in [2.45, 2.75) is 39.3 Å². The summed E-state index contributed by atoms with van der Waals surface area (Å²) in [6.07, 6.45) is 2.03.